The Hall–Kier alpha value is 0. The average molecular weight is 225 g/mol. The van der Waals surface area contributed by atoms with Crippen LogP contribution in [0.3, 0.4) is 0 Å². The summed E-state index contributed by atoms with van der Waals surface area (Å²) in [4.78, 5) is 6.05. The molecule has 46 valence electrons. The van der Waals surface area contributed by atoms with Crippen molar-refractivity contribution in [2.75, 3.05) is 17.6 Å². The first kappa shape index (κ1) is 6.12. The van der Waals surface area contributed by atoms with Crippen LogP contribution in [0.15, 0.2) is 4.99 Å². The fraction of sp³-hybridized carbons (Fsp3) is 0.750. The molecule has 1 aliphatic heterocycles. The summed E-state index contributed by atoms with van der Waals surface area (Å²) in [7, 11) is 0. The summed E-state index contributed by atoms with van der Waals surface area (Å²) in [6.07, 6.45) is 0. The van der Waals surface area contributed by atoms with E-state index in [2.05, 4.69) is 27.6 Å². The Morgan fingerprint density at radius 1 is 1.88 bits per heavy atom. The van der Waals surface area contributed by atoms with Crippen LogP contribution in [0.5, 0.6) is 0 Å². The Balaban J connectivity index is 2.46. The predicted octanol–water partition coefficient (Wildman–Crippen LogP) is 0.00920. The summed E-state index contributed by atoms with van der Waals surface area (Å²) < 4.78 is 0.951. The molecule has 0 bridgehead atoms. The molecule has 0 saturated carbocycles. The van der Waals surface area contributed by atoms with Crippen molar-refractivity contribution in [3.8, 4) is 0 Å². The fourth-order valence-corrected chi connectivity index (χ4v) is 1.31. The van der Waals surface area contributed by atoms with E-state index in [-0.39, 0.29) is 0 Å². The van der Waals surface area contributed by atoms with Gasteiger partial charge in [0.15, 0.2) is 5.96 Å². The first-order chi connectivity index (χ1) is 3.84. The van der Waals surface area contributed by atoms with Crippen molar-refractivity contribution in [2.24, 2.45) is 10.7 Å². The number of halogens is 1. The maximum Gasteiger partial charge on any atom is 0.192 e. The van der Waals surface area contributed by atoms with Crippen LogP contribution >= 0.6 is 22.6 Å². The molecule has 0 fully saturated rings. The van der Waals surface area contributed by atoms with Crippen LogP contribution in [0.4, 0.5) is 0 Å². The van der Waals surface area contributed by atoms with E-state index < -0.39 is 0 Å². The molecule has 1 aliphatic rings. The minimum Gasteiger partial charge on any atom is -0.370 e. The molecule has 0 atom stereocenters. The summed E-state index contributed by atoms with van der Waals surface area (Å²) in [6, 6.07) is 0. The highest BCUT2D eigenvalue weighted by atomic mass is 127. The lowest BCUT2D eigenvalue weighted by molar-refractivity contribution is 0.542. The van der Waals surface area contributed by atoms with E-state index >= 15 is 0 Å². The number of aliphatic imine (C=N–C) groups is 1. The molecule has 0 aromatic heterocycles. The highest BCUT2D eigenvalue weighted by molar-refractivity contribution is 14.1. The lowest BCUT2D eigenvalue weighted by Crippen LogP contribution is -2.32. The smallest absolute Gasteiger partial charge is 0.192 e. The standard InChI is InChI=1S/C4H8IN3/c5-3-8-2-1-7-4(8)6/h1-3H2,(H2,6,7). The van der Waals surface area contributed by atoms with Crippen LogP contribution in [0.1, 0.15) is 0 Å². The Morgan fingerprint density at radius 2 is 2.62 bits per heavy atom. The lowest BCUT2D eigenvalue weighted by Gasteiger charge is -2.11. The van der Waals surface area contributed by atoms with Crippen molar-refractivity contribution in [3.63, 3.8) is 0 Å². The highest BCUT2D eigenvalue weighted by Gasteiger charge is 2.09. The summed E-state index contributed by atoms with van der Waals surface area (Å²) in [5.74, 6) is 0.694. The zero-order chi connectivity index (χ0) is 5.98. The number of alkyl halides is 1. The van der Waals surface area contributed by atoms with Gasteiger partial charge in [0.1, 0.15) is 0 Å². The molecule has 0 radical (unpaired) electrons. The molecule has 0 unspecified atom stereocenters. The molecule has 0 aliphatic carbocycles. The summed E-state index contributed by atoms with van der Waals surface area (Å²) in [5.41, 5.74) is 5.46. The SMILES string of the molecule is NC1=NCCN1CI. The highest BCUT2D eigenvalue weighted by Crippen LogP contribution is 1.99. The summed E-state index contributed by atoms with van der Waals surface area (Å²) in [5, 5.41) is 0. The van der Waals surface area contributed by atoms with E-state index in [1.54, 1.807) is 0 Å². The quantitative estimate of drug-likeness (QED) is 0.388. The minimum atomic E-state index is 0.694. The number of hydrogen-bond acceptors (Lipinski definition) is 3. The zero-order valence-corrected chi connectivity index (χ0v) is 6.63. The van der Waals surface area contributed by atoms with E-state index in [1.165, 1.54) is 0 Å². The minimum absolute atomic E-state index is 0.694. The molecular weight excluding hydrogens is 217 g/mol. The largest absolute Gasteiger partial charge is 0.370 e. The van der Waals surface area contributed by atoms with Crippen molar-refractivity contribution < 1.29 is 0 Å². The van der Waals surface area contributed by atoms with Gasteiger partial charge < -0.3 is 10.6 Å². The third-order valence-electron chi connectivity index (χ3n) is 1.11. The predicted molar refractivity (Wildman–Crippen MR) is 42.1 cm³/mol. The second-order valence-corrected chi connectivity index (χ2v) is 2.31. The van der Waals surface area contributed by atoms with Crippen LogP contribution in [0.25, 0.3) is 0 Å². The first-order valence-electron chi connectivity index (χ1n) is 2.45. The second kappa shape index (κ2) is 2.52. The van der Waals surface area contributed by atoms with E-state index in [0.717, 1.165) is 17.6 Å². The normalized spacial score (nSPS) is 19.1. The van der Waals surface area contributed by atoms with Crippen LogP contribution in [0.2, 0.25) is 0 Å². The van der Waals surface area contributed by atoms with Crippen LogP contribution in [-0.2, 0) is 0 Å². The number of nitrogens with two attached hydrogens (primary N) is 1. The maximum absolute atomic E-state index is 5.46. The van der Waals surface area contributed by atoms with Gasteiger partial charge in [0.2, 0.25) is 0 Å². The van der Waals surface area contributed by atoms with Gasteiger partial charge in [0, 0.05) is 6.54 Å². The van der Waals surface area contributed by atoms with Gasteiger partial charge in [-0.15, -0.1) is 0 Å². The van der Waals surface area contributed by atoms with Gasteiger partial charge in [-0.2, -0.15) is 0 Å². The van der Waals surface area contributed by atoms with Gasteiger partial charge in [0.05, 0.1) is 11.1 Å². The second-order valence-electron chi connectivity index (χ2n) is 1.62. The van der Waals surface area contributed by atoms with E-state index in [1.807, 2.05) is 4.90 Å². The molecule has 0 aromatic rings. The Morgan fingerprint density at radius 3 is 2.88 bits per heavy atom. The maximum atomic E-state index is 5.46. The number of nitrogens with zero attached hydrogens (tertiary/aromatic N) is 2. The van der Waals surface area contributed by atoms with Gasteiger partial charge in [-0.25, -0.2) is 0 Å². The third kappa shape index (κ3) is 1.04. The van der Waals surface area contributed by atoms with Crippen molar-refractivity contribution in [1.29, 1.82) is 0 Å². The Kier molecular flexibility index (Phi) is 1.93. The fourth-order valence-electron chi connectivity index (χ4n) is 0.621. The van der Waals surface area contributed by atoms with E-state index in [0.29, 0.717) is 5.96 Å². The number of hydrogen-bond donors (Lipinski definition) is 1. The molecule has 3 nitrogen and oxygen atoms in total. The summed E-state index contributed by atoms with van der Waals surface area (Å²) in [6.45, 7) is 1.86. The Labute approximate surface area is 62.1 Å². The molecular formula is C4H8IN3. The van der Waals surface area contributed by atoms with E-state index in [9.17, 15) is 0 Å². The topological polar surface area (TPSA) is 41.6 Å². The van der Waals surface area contributed by atoms with Crippen LogP contribution in [0, 0.1) is 0 Å². The number of rotatable bonds is 1. The third-order valence-corrected chi connectivity index (χ3v) is 1.94. The van der Waals surface area contributed by atoms with Crippen LogP contribution < -0.4 is 5.73 Å². The van der Waals surface area contributed by atoms with Gasteiger partial charge in [-0.3, -0.25) is 4.99 Å². The Bertz CT molecular complexity index is 112. The zero-order valence-electron chi connectivity index (χ0n) is 4.47. The van der Waals surface area contributed by atoms with Gasteiger partial charge >= 0.3 is 0 Å². The average Bonchev–Trinajstić information content (AvgIpc) is 2.14. The van der Waals surface area contributed by atoms with Gasteiger partial charge in [-0.05, 0) is 0 Å². The molecule has 4 heteroatoms. The molecule has 0 saturated heterocycles. The van der Waals surface area contributed by atoms with Crippen molar-refractivity contribution in [1.82, 2.24) is 4.90 Å². The summed E-state index contributed by atoms with van der Waals surface area (Å²) >= 11 is 2.27. The van der Waals surface area contributed by atoms with Crippen LogP contribution in [-0.4, -0.2) is 28.5 Å². The van der Waals surface area contributed by atoms with Crippen molar-refractivity contribution >= 4 is 28.6 Å². The number of guanidine groups is 1. The molecule has 0 amide bonds. The lowest BCUT2D eigenvalue weighted by atomic mass is 10.6. The van der Waals surface area contributed by atoms with E-state index in [4.69, 9.17) is 5.73 Å². The van der Waals surface area contributed by atoms with Crippen molar-refractivity contribution in [3.05, 3.63) is 0 Å². The van der Waals surface area contributed by atoms with Crippen molar-refractivity contribution in [2.45, 2.75) is 0 Å². The molecule has 0 spiro atoms. The molecule has 1 rings (SSSR count). The molecule has 0 aromatic carbocycles. The molecule has 2 N–H and O–H groups in total. The first-order valence-corrected chi connectivity index (χ1v) is 3.98. The molecule has 8 heavy (non-hydrogen) atoms. The monoisotopic (exact) mass is 225 g/mol. The van der Waals surface area contributed by atoms with Gasteiger partial charge in [0.25, 0.3) is 0 Å². The molecule has 1 heterocycles. The van der Waals surface area contributed by atoms with Gasteiger partial charge in [-0.1, -0.05) is 22.6 Å².